The van der Waals surface area contributed by atoms with Gasteiger partial charge in [-0.05, 0) is 50.8 Å². The number of hydrogen-bond donors (Lipinski definition) is 1. The molecule has 0 saturated heterocycles. The fraction of sp³-hybridized carbons (Fsp3) is 0.400. The van der Waals surface area contributed by atoms with Gasteiger partial charge in [0.25, 0.3) is 0 Å². The van der Waals surface area contributed by atoms with Crippen LogP contribution in [0.3, 0.4) is 0 Å². The van der Waals surface area contributed by atoms with Gasteiger partial charge < -0.3 is 5.73 Å². The highest BCUT2D eigenvalue weighted by Crippen LogP contribution is 2.29. The monoisotopic (exact) mass is 228 g/mol. The van der Waals surface area contributed by atoms with Crippen molar-refractivity contribution in [1.29, 1.82) is 0 Å². The van der Waals surface area contributed by atoms with Crippen LogP contribution in [-0.2, 0) is 0 Å². The molecule has 2 nitrogen and oxygen atoms in total. The topological polar surface area (TPSA) is 38.4 Å². The first kappa shape index (κ1) is 11.9. The number of hydrogen-bond acceptors (Lipinski definition) is 2. The van der Waals surface area contributed by atoms with Crippen LogP contribution in [0.15, 0.2) is 34.8 Å². The summed E-state index contributed by atoms with van der Waals surface area (Å²) in [6.45, 7) is 6.39. The quantitative estimate of drug-likeness (QED) is 0.785. The number of nitrogens with zero attached hydrogens (tertiary/aromatic N) is 1. The van der Waals surface area contributed by atoms with Crippen molar-refractivity contribution in [3.8, 4) is 0 Å². The predicted molar refractivity (Wildman–Crippen MR) is 73.3 cm³/mol. The molecule has 2 rings (SSSR count). The Labute approximate surface area is 103 Å². The SMILES string of the molecule is CC1=CC(N)=NC(c2ccc(C)cc2C)CC1. The first-order valence-corrected chi connectivity index (χ1v) is 6.14. The number of nitrogens with two attached hydrogens (primary N) is 1. The summed E-state index contributed by atoms with van der Waals surface area (Å²) in [5.74, 6) is 0.657. The van der Waals surface area contributed by atoms with E-state index in [9.17, 15) is 0 Å². The summed E-state index contributed by atoms with van der Waals surface area (Å²) in [6.07, 6.45) is 4.11. The van der Waals surface area contributed by atoms with Crippen molar-refractivity contribution in [2.24, 2.45) is 10.7 Å². The van der Waals surface area contributed by atoms with Crippen LogP contribution in [-0.4, -0.2) is 5.84 Å². The van der Waals surface area contributed by atoms with Crippen molar-refractivity contribution in [1.82, 2.24) is 0 Å². The molecule has 0 fully saturated rings. The van der Waals surface area contributed by atoms with E-state index in [1.807, 2.05) is 6.08 Å². The fourth-order valence-corrected chi connectivity index (χ4v) is 2.40. The van der Waals surface area contributed by atoms with Gasteiger partial charge in [0.05, 0.1) is 6.04 Å². The van der Waals surface area contributed by atoms with Crippen LogP contribution in [0.25, 0.3) is 0 Å². The zero-order chi connectivity index (χ0) is 12.4. The second-order valence-corrected chi connectivity index (χ2v) is 4.96. The smallest absolute Gasteiger partial charge is 0.118 e. The van der Waals surface area contributed by atoms with E-state index in [0.29, 0.717) is 5.84 Å². The lowest BCUT2D eigenvalue weighted by atomic mass is 9.96. The third kappa shape index (κ3) is 2.76. The van der Waals surface area contributed by atoms with Gasteiger partial charge in [-0.2, -0.15) is 0 Å². The van der Waals surface area contributed by atoms with E-state index >= 15 is 0 Å². The minimum Gasteiger partial charge on any atom is -0.384 e. The van der Waals surface area contributed by atoms with E-state index in [-0.39, 0.29) is 6.04 Å². The Hall–Kier alpha value is -1.57. The maximum Gasteiger partial charge on any atom is 0.118 e. The molecule has 1 aromatic carbocycles. The highest BCUT2D eigenvalue weighted by atomic mass is 14.9. The van der Waals surface area contributed by atoms with Crippen LogP contribution in [0.4, 0.5) is 0 Å². The number of aryl methyl sites for hydroxylation is 2. The van der Waals surface area contributed by atoms with E-state index in [1.54, 1.807) is 0 Å². The minimum absolute atomic E-state index is 0.212. The first-order chi connectivity index (χ1) is 8.06. The summed E-state index contributed by atoms with van der Waals surface area (Å²) in [6, 6.07) is 6.77. The molecule has 1 atom stereocenters. The second kappa shape index (κ2) is 4.74. The molecule has 1 aliphatic rings. The third-order valence-electron chi connectivity index (χ3n) is 3.30. The largest absolute Gasteiger partial charge is 0.384 e. The molecule has 0 bridgehead atoms. The maximum absolute atomic E-state index is 5.91. The van der Waals surface area contributed by atoms with Crippen molar-refractivity contribution in [2.75, 3.05) is 0 Å². The second-order valence-electron chi connectivity index (χ2n) is 4.96. The van der Waals surface area contributed by atoms with Crippen LogP contribution in [0.2, 0.25) is 0 Å². The van der Waals surface area contributed by atoms with Gasteiger partial charge >= 0.3 is 0 Å². The Morgan fingerprint density at radius 2 is 2.00 bits per heavy atom. The fourth-order valence-electron chi connectivity index (χ4n) is 2.40. The van der Waals surface area contributed by atoms with Crippen molar-refractivity contribution in [2.45, 2.75) is 39.7 Å². The van der Waals surface area contributed by atoms with Crippen LogP contribution in [0, 0.1) is 13.8 Å². The lowest BCUT2D eigenvalue weighted by molar-refractivity contribution is 0.653. The van der Waals surface area contributed by atoms with Gasteiger partial charge in [-0.25, -0.2) is 0 Å². The van der Waals surface area contributed by atoms with Crippen LogP contribution in [0.5, 0.6) is 0 Å². The molecular formula is C15H20N2. The lowest BCUT2D eigenvalue weighted by Gasteiger charge is -2.15. The predicted octanol–water partition coefficient (Wildman–Crippen LogP) is 3.44. The molecule has 1 heterocycles. The Morgan fingerprint density at radius 3 is 2.71 bits per heavy atom. The molecule has 1 aromatic rings. The van der Waals surface area contributed by atoms with E-state index in [0.717, 1.165) is 12.8 Å². The molecule has 2 heteroatoms. The molecule has 0 aromatic heterocycles. The number of amidine groups is 1. The zero-order valence-corrected chi connectivity index (χ0v) is 10.8. The minimum atomic E-state index is 0.212. The molecule has 0 radical (unpaired) electrons. The van der Waals surface area contributed by atoms with E-state index in [1.165, 1.54) is 22.3 Å². The van der Waals surface area contributed by atoms with Gasteiger partial charge in [0, 0.05) is 0 Å². The van der Waals surface area contributed by atoms with Crippen LogP contribution >= 0.6 is 0 Å². The summed E-state index contributed by atoms with van der Waals surface area (Å²) >= 11 is 0. The van der Waals surface area contributed by atoms with E-state index in [4.69, 9.17) is 5.73 Å². The molecule has 17 heavy (non-hydrogen) atoms. The third-order valence-corrected chi connectivity index (χ3v) is 3.30. The number of rotatable bonds is 1. The van der Waals surface area contributed by atoms with Crippen molar-refractivity contribution in [3.05, 3.63) is 46.5 Å². The van der Waals surface area contributed by atoms with E-state index < -0.39 is 0 Å². The number of allylic oxidation sites excluding steroid dienone is 1. The summed E-state index contributed by atoms with van der Waals surface area (Å²) in [5.41, 5.74) is 11.1. The molecule has 90 valence electrons. The van der Waals surface area contributed by atoms with E-state index in [2.05, 4.69) is 44.0 Å². The molecule has 0 aliphatic carbocycles. The Balaban J connectivity index is 2.32. The Morgan fingerprint density at radius 1 is 1.24 bits per heavy atom. The Bertz CT molecular complexity index is 484. The van der Waals surface area contributed by atoms with Crippen molar-refractivity contribution >= 4 is 5.84 Å². The summed E-state index contributed by atoms with van der Waals surface area (Å²) < 4.78 is 0. The zero-order valence-electron chi connectivity index (χ0n) is 10.8. The van der Waals surface area contributed by atoms with Gasteiger partial charge in [0.2, 0.25) is 0 Å². The summed E-state index contributed by atoms with van der Waals surface area (Å²) in [5, 5.41) is 0. The molecule has 1 unspecified atom stereocenters. The summed E-state index contributed by atoms with van der Waals surface area (Å²) in [7, 11) is 0. The Kier molecular flexibility index (Phi) is 3.32. The van der Waals surface area contributed by atoms with Crippen LogP contribution in [0.1, 0.15) is 42.5 Å². The van der Waals surface area contributed by atoms with Gasteiger partial charge in [0.15, 0.2) is 0 Å². The molecule has 2 N–H and O–H groups in total. The molecule has 0 saturated carbocycles. The molecule has 0 amide bonds. The van der Waals surface area contributed by atoms with Crippen LogP contribution < -0.4 is 5.73 Å². The maximum atomic E-state index is 5.91. The molecular weight excluding hydrogens is 208 g/mol. The van der Waals surface area contributed by atoms with Gasteiger partial charge in [-0.1, -0.05) is 29.3 Å². The van der Waals surface area contributed by atoms with Crippen molar-refractivity contribution in [3.63, 3.8) is 0 Å². The lowest BCUT2D eigenvalue weighted by Crippen LogP contribution is -2.09. The summed E-state index contributed by atoms with van der Waals surface area (Å²) in [4.78, 5) is 4.61. The first-order valence-electron chi connectivity index (χ1n) is 6.14. The average molecular weight is 228 g/mol. The normalized spacial score (nSPS) is 20.5. The van der Waals surface area contributed by atoms with Gasteiger partial charge in [-0.3, -0.25) is 4.99 Å². The van der Waals surface area contributed by atoms with Gasteiger partial charge in [0.1, 0.15) is 5.84 Å². The molecule has 0 spiro atoms. The van der Waals surface area contributed by atoms with Gasteiger partial charge in [-0.15, -0.1) is 0 Å². The standard InChI is InChI=1S/C15H20N2/c1-10-4-6-13(12(3)8-10)14-7-5-11(2)9-15(16)17-14/h4,6,8-9,14H,5,7H2,1-3H3,(H2,16,17). The number of aliphatic imine (C=N–C) groups is 1. The highest BCUT2D eigenvalue weighted by molar-refractivity contribution is 5.92. The average Bonchev–Trinajstić information content (AvgIpc) is 2.39. The molecule has 1 aliphatic heterocycles. The highest BCUT2D eigenvalue weighted by Gasteiger charge is 2.15. The van der Waals surface area contributed by atoms with Crippen molar-refractivity contribution < 1.29 is 0 Å². The number of benzene rings is 1.